The topological polar surface area (TPSA) is 109 Å². The van der Waals surface area contributed by atoms with Crippen LogP contribution in [0.15, 0.2) is 29.6 Å². The van der Waals surface area contributed by atoms with E-state index in [1.54, 1.807) is 13.1 Å². The summed E-state index contributed by atoms with van der Waals surface area (Å²) in [7, 11) is -3.83. The van der Waals surface area contributed by atoms with Gasteiger partial charge in [-0.1, -0.05) is 0 Å². The molecule has 21 heavy (non-hydrogen) atoms. The van der Waals surface area contributed by atoms with E-state index in [4.69, 9.17) is 5.11 Å². The first-order valence-electron chi connectivity index (χ1n) is 5.93. The lowest BCUT2D eigenvalue weighted by Gasteiger charge is -2.11. The second-order valence-electron chi connectivity index (χ2n) is 4.34. The number of thiazole rings is 1. The van der Waals surface area contributed by atoms with Gasteiger partial charge in [-0.25, -0.2) is 27.9 Å². The molecule has 0 fully saturated rings. The molecule has 1 unspecified atom stereocenters. The number of hydrogen-bond acceptors (Lipinski definition) is 6. The third-order valence-corrected chi connectivity index (χ3v) is 5.15. The number of hydrogen-bond donors (Lipinski definition) is 2. The van der Waals surface area contributed by atoms with E-state index in [9.17, 15) is 13.2 Å². The Hall–Kier alpha value is -1.84. The van der Waals surface area contributed by atoms with Crippen LogP contribution in [0.3, 0.4) is 0 Å². The smallest absolute Gasteiger partial charge is 0.337 e. The fourth-order valence-corrected chi connectivity index (χ4v) is 3.57. The Kier molecular flexibility index (Phi) is 4.35. The van der Waals surface area contributed by atoms with Gasteiger partial charge in [-0.05, 0) is 26.0 Å². The van der Waals surface area contributed by atoms with E-state index in [1.807, 2.05) is 6.92 Å². The number of nitrogens with zero attached hydrogens (tertiary/aromatic N) is 2. The molecule has 0 aromatic carbocycles. The van der Waals surface area contributed by atoms with Crippen LogP contribution in [0.2, 0.25) is 0 Å². The minimum Gasteiger partial charge on any atom is -0.478 e. The van der Waals surface area contributed by atoms with Crippen LogP contribution in [0.1, 0.15) is 33.2 Å². The first-order chi connectivity index (χ1) is 9.79. The van der Waals surface area contributed by atoms with Crippen molar-refractivity contribution in [2.45, 2.75) is 24.9 Å². The molecule has 0 bridgehead atoms. The number of sulfonamides is 1. The molecule has 0 aliphatic rings. The molecular weight excluding hydrogens is 314 g/mol. The number of aromatic nitrogens is 2. The summed E-state index contributed by atoms with van der Waals surface area (Å²) in [5.74, 6) is -1.16. The molecule has 0 saturated carbocycles. The van der Waals surface area contributed by atoms with Crippen LogP contribution in [-0.2, 0) is 10.0 Å². The van der Waals surface area contributed by atoms with E-state index in [0.29, 0.717) is 5.01 Å². The Bertz CT molecular complexity index is 753. The fraction of sp³-hybridized carbons (Fsp3) is 0.250. The van der Waals surface area contributed by atoms with Crippen molar-refractivity contribution in [3.63, 3.8) is 0 Å². The number of aryl methyl sites for hydroxylation is 1. The van der Waals surface area contributed by atoms with Crippen LogP contribution >= 0.6 is 11.3 Å². The molecule has 0 radical (unpaired) electrons. The average Bonchev–Trinajstić information content (AvgIpc) is 2.85. The van der Waals surface area contributed by atoms with Gasteiger partial charge >= 0.3 is 5.97 Å². The summed E-state index contributed by atoms with van der Waals surface area (Å²) in [6.45, 7) is 3.57. The van der Waals surface area contributed by atoms with Crippen molar-refractivity contribution in [1.82, 2.24) is 14.7 Å². The van der Waals surface area contributed by atoms with E-state index in [-0.39, 0.29) is 10.6 Å². The van der Waals surface area contributed by atoms with Gasteiger partial charge in [-0.2, -0.15) is 0 Å². The zero-order valence-electron chi connectivity index (χ0n) is 11.3. The highest BCUT2D eigenvalue weighted by atomic mass is 32.2. The van der Waals surface area contributed by atoms with Crippen molar-refractivity contribution in [2.75, 3.05) is 0 Å². The molecular formula is C12H13N3O4S2. The van der Waals surface area contributed by atoms with Crippen LogP contribution in [0.4, 0.5) is 0 Å². The van der Waals surface area contributed by atoms with E-state index in [2.05, 4.69) is 14.7 Å². The molecule has 0 amide bonds. The monoisotopic (exact) mass is 327 g/mol. The van der Waals surface area contributed by atoms with Gasteiger partial charge in [0.15, 0.2) is 5.03 Å². The average molecular weight is 327 g/mol. The summed E-state index contributed by atoms with van der Waals surface area (Å²) in [6, 6.07) is 1.86. The summed E-state index contributed by atoms with van der Waals surface area (Å²) in [6.07, 6.45) is 2.68. The van der Waals surface area contributed by atoms with Crippen molar-refractivity contribution in [3.8, 4) is 0 Å². The Labute approximate surface area is 125 Å². The number of aromatic carboxylic acids is 1. The van der Waals surface area contributed by atoms with Crippen molar-refractivity contribution < 1.29 is 18.3 Å². The Balaban J connectivity index is 2.19. The third-order valence-electron chi connectivity index (χ3n) is 2.60. The number of pyridine rings is 1. The van der Waals surface area contributed by atoms with Crippen LogP contribution in [0, 0.1) is 6.92 Å². The molecule has 2 aromatic rings. The van der Waals surface area contributed by atoms with Gasteiger partial charge < -0.3 is 5.11 Å². The first-order valence-corrected chi connectivity index (χ1v) is 8.23. The lowest BCUT2D eigenvalue weighted by atomic mass is 10.3. The van der Waals surface area contributed by atoms with Crippen LogP contribution in [-0.4, -0.2) is 29.5 Å². The number of rotatable bonds is 5. The second-order valence-corrected chi connectivity index (χ2v) is 7.27. The maximum absolute atomic E-state index is 12.2. The van der Waals surface area contributed by atoms with E-state index >= 15 is 0 Å². The normalized spacial score (nSPS) is 13.0. The highest BCUT2D eigenvalue weighted by Gasteiger charge is 2.21. The maximum atomic E-state index is 12.2. The number of carboxylic acid groups (broad SMARTS) is 1. The molecule has 0 aliphatic carbocycles. The summed E-state index contributed by atoms with van der Waals surface area (Å²) >= 11 is 1.40. The van der Waals surface area contributed by atoms with Crippen LogP contribution in [0.5, 0.6) is 0 Å². The molecule has 2 aromatic heterocycles. The molecule has 0 spiro atoms. The predicted octanol–water partition coefficient (Wildman–Crippen LogP) is 1.58. The predicted molar refractivity (Wildman–Crippen MR) is 76.8 cm³/mol. The minimum absolute atomic E-state index is 0.0717. The van der Waals surface area contributed by atoms with Gasteiger partial charge in [-0.15, -0.1) is 11.3 Å². The van der Waals surface area contributed by atoms with Crippen molar-refractivity contribution >= 4 is 27.3 Å². The zero-order valence-corrected chi connectivity index (χ0v) is 12.9. The van der Waals surface area contributed by atoms with Crippen molar-refractivity contribution in [3.05, 3.63) is 40.0 Å². The van der Waals surface area contributed by atoms with Crippen LogP contribution in [0.25, 0.3) is 0 Å². The lowest BCUT2D eigenvalue weighted by Crippen LogP contribution is -2.27. The Morgan fingerprint density at radius 1 is 1.33 bits per heavy atom. The Morgan fingerprint density at radius 2 is 2.05 bits per heavy atom. The largest absolute Gasteiger partial charge is 0.478 e. The molecule has 9 heteroatoms. The van der Waals surface area contributed by atoms with Crippen molar-refractivity contribution in [1.29, 1.82) is 0 Å². The van der Waals surface area contributed by atoms with E-state index in [0.717, 1.165) is 17.1 Å². The lowest BCUT2D eigenvalue weighted by molar-refractivity contribution is 0.0696. The SMILES string of the molecule is Cc1cnc(C(C)NS(=O)(=O)c2ccc(C(=O)O)cn2)s1. The molecule has 1 atom stereocenters. The molecule has 0 aliphatic heterocycles. The minimum atomic E-state index is -3.83. The highest BCUT2D eigenvalue weighted by Crippen LogP contribution is 2.20. The Morgan fingerprint density at radius 3 is 2.52 bits per heavy atom. The molecule has 7 nitrogen and oxygen atoms in total. The van der Waals surface area contributed by atoms with Gasteiger partial charge in [-0.3, -0.25) is 0 Å². The maximum Gasteiger partial charge on any atom is 0.337 e. The molecule has 2 heterocycles. The molecule has 0 saturated heterocycles. The number of carboxylic acids is 1. The zero-order chi connectivity index (χ0) is 15.6. The van der Waals surface area contributed by atoms with Gasteiger partial charge in [0.1, 0.15) is 5.01 Å². The second kappa shape index (κ2) is 5.88. The van der Waals surface area contributed by atoms with Gasteiger partial charge in [0, 0.05) is 17.3 Å². The van der Waals surface area contributed by atoms with Gasteiger partial charge in [0.25, 0.3) is 10.0 Å². The summed E-state index contributed by atoms with van der Waals surface area (Å²) in [5.41, 5.74) is -0.0717. The first kappa shape index (κ1) is 15.5. The molecule has 2 rings (SSSR count). The third kappa shape index (κ3) is 3.63. The quantitative estimate of drug-likeness (QED) is 0.863. The number of carbonyl (C=O) groups is 1. The van der Waals surface area contributed by atoms with Crippen molar-refractivity contribution in [2.24, 2.45) is 0 Å². The summed E-state index contributed by atoms with van der Waals surface area (Å²) in [4.78, 5) is 19.5. The number of nitrogens with one attached hydrogen (secondary N) is 1. The van der Waals surface area contributed by atoms with E-state index < -0.39 is 22.0 Å². The standard InChI is InChI=1S/C12H13N3O4S2/c1-7-5-14-11(20-7)8(2)15-21(18,19)10-4-3-9(6-13-10)12(16)17/h3-6,8,15H,1-2H3,(H,16,17). The summed E-state index contributed by atoms with van der Waals surface area (Å²) < 4.78 is 26.8. The van der Waals surface area contributed by atoms with Gasteiger partial charge in [0.05, 0.1) is 11.6 Å². The molecule has 112 valence electrons. The highest BCUT2D eigenvalue weighted by molar-refractivity contribution is 7.89. The fourth-order valence-electron chi connectivity index (χ4n) is 1.58. The van der Waals surface area contributed by atoms with E-state index in [1.165, 1.54) is 17.4 Å². The summed E-state index contributed by atoms with van der Waals surface area (Å²) in [5, 5.41) is 9.19. The van der Waals surface area contributed by atoms with Gasteiger partial charge in [0.2, 0.25) is 0 Å². The van der Waals surface area contributed by atoms with Crippen LogP contribution < -0.4 is 4.72 Å². The molecule has 2 N–H and O–H groups in total.